The van der Waals surface area contributed by atoms with E-state index < -0.39 is 29.6 Å². The smallest absolute Gasteiger partial charge is 0.416 e. The van der Waals surface area contributed by atoms with E-state index in [-0.39, 0.29) is 24.3 Å². The van der Waals surface area contributed by atoms with E-state index in [9.17, 15) is 27.9 Å². The van der Waals surface area contributed by atoms with Crippen molar-refractivity contribution in [2.24, 2.45) is 0 Å². The van der Waals surface area contributed by atoms with E-state index >= 15 is 0 Å². The van der Waals surface area contributed by atoms with Crippen LogP contribution in [0.2, 0.25) is 0 Å². The van der Waals surface area contributed by atoms with E-state index in [1.54, 1.807) is 39.1 Å². The van der Waals surface area contributed by atoms with Crippen LogP contribution in [0.25, 0.3) is 5.69 Å². The molecule has 7 nitrogen and oxygen atoms in total. The van der Waals surface area contributed by atoms with Crippen molar-refractivity contribution in [3.05, 3.63) is 71.4 Å². The van der Waals surface area contributed by atoms with E-state index in [1.807, 2.05) is 0 Å². The maximum absolute atomic E-state index is 13.4. The fraction of sp³-hybridized carbons (Fsp3) is 0.292. The minimum absolute atomic E-state index is 0.0331. The highest BCUT2D eigenvalue weighted by molar-refractivity contribution is 6.02. The summed E-state index contributed by atoms with van der Waals surface area (Å²) in [5.41, 5.74) is 0.0958. The van der Waals surface area contributed by atoms with Gasteiger partial charge in [0.25, 0.3) is 11.8 Å². The topological polar surface area (TPSA) is 87.5 Å². The number of carbonyl (C=O) groups is 2. The van der Waals surface area contributed by atoms with Crippen LogP contribution in [0.3, 0.4) is 0 Å². The number of likely N-dealkylation sites (N-methyl/N-ethyl adjacent to an activating group) is 1. The summed E-state index contributed by atoms with van der Waals surface area (Å²) in [4.78, 5) is 27.6. The number of halogens is 3. The number of aromatic hydroxyl groups is 1. The van der Waals surface area contributed by atoms with Gasteiger partial charge in [-0.25, -0.2) is 4.68 Å². The molecule has 2 aromatic carbocycles. The Morgan fingerprint density at radius 2 is 1.85 bits per heavy atom. The standard InChI is InChI=1S/C24H25F3N4O3/c1-4-20(29-21(33)16-8-6-9-17(12-16)24(25,26)27)23(34)30(5-2)22-15(3)14-28-31(22)18-10-7-11-19(32)13-18/h6-14,20,32H,4-5H2,1-3H3,(H,29,33). The second-order valence-electron chi connectivity index (χ2n) is 7.68. The molecule has 1 unspecified atom stereocenters. The molecule has 1 aromatic heterocycles. The molecule has 0 spiro atoms. The van der Waals surface area contributed by atoms with Crippen LogP contribution in [0.15, 0.2) is 54.7 Å². The number of anilines is 1. The van der Waals surface area contributed by atoms with Crippen molar-refractivity contribution in [3.63, 3.8) is 0 Å². The number of aromatic nitrogens is 2. The largest absolute Gasteiger partial charge is 0.508 e. The zero-order valence-electron chi connectivity index (χ0n) is 18.9. The highest BCUT2D eigenvalue weighted by Gasteiger charge is 2.32. The zero-order valence-corrected chi connectivity index (χ0v) is 18.9. The molecule has 0 saturated heterocycles. The normalized spacial score (nSPS) is 12.3. The summed E-state index contributed by atoms with van der Waals surface area (Å²) < 4.78 is 40.6. The Hall–Kier alpha value is -3.82. The molecular formula is C24H25F3N4O3. The first-order chi connectivity index (χ1) is 16.1. The molecule has 0 aliphatic carbocycles. The van der Waals surface area contributed by atoms with Crippen molar-refractivity contribution in [1.29, 1.82) is 0 Å². The van der Waals surface area contributed by atoms with Crippen LogP contribution in [-0.4, -0.2) is 39.3 Å². The van der Waals surface area contributed by atoms with Gasteiger partial charge >= 0.3 is 6.18 Å². The number of alkyl halides is 3. The van der Waals surface area contributed by atoms with Crippen LogP contribution in [0.5, 0.6) is 5.75 Å². The summed E-state index contributed by atoms with van der Waals surface area (Å²) in [6.45, 7) is 5.49. The molecule has 0 radical (unpaired) electrons. The quantitative estimate of drug-likeness (QED) is 0.529. The van der Waals surface area contributed by atoms with Crippen molar-refractivity contribution in [2.45, 2.75) is 39.4 Å². The molecule has 2 amide bonds. The number of phenols is 1. The molecule has 1 atom stereocenters. The molecule has 2 N–H and O–H groups in total. The molecule has 1 heterocycles. The Kier molecular flexibility index (Phi) is 7.29. The minimum Gasteiger partial charge on any atom is -0.508 e. The summed E-state index contributed by atoms with van der Waals surface area (Å²) in [6, 6.07) is 9.45. The third-order valence-corrected chi connectivity index (χ3v) is 5.30. The van der Waals surface area contributed by atoms with Gasteiger partial charge in [-0.05, 0) is 50.6 Å². The van der Waals surface area contributed by atoms with Crippen LogP contribution < -0.4 is 10.2 Å². The van der Waals surface area contributed by atoms with Crippen molar-refractivity contribution >= 4 is 17.6 Å². The van der Waals surface area contributed by atoms with Gasteiger partial charge in [0.2, 0.25) is 0 Å². The lowest BCUT2D eigenvalue weighted by atomic mass is 10.1. The molecule has 180 valence electrons. The predicted octanol–water partition coefficient (Wildman–Crippen LogP) is 4.47. The summed E-state index contributed by atoms with van der Waals surface area (Å²) in [5.74, 6) is -0.716. The molecule has 0 saturated carbocycles. The second kappa shape index (κ2) is 9.98. The molecule has 0 fully saturated rings. The number of hydrogen-bond donors (Lipinski definition) is 2. The van der Waals surface area contributed by atoms with Crippen LogP contribution in [0.4, 0.5) is 19.0 Å². The van der Waals surface area contributed by atoms with E-state index in [1.165, 1.54) is 27.8 Å². The van der Waals surface area contributed by atoms with Gasteiger partial charge in [0.05, 0.1) is 17.4 Å². The van der Waals surface area contributed by atoms with Gasteiger partial charge in [-0.1, -0.05) is 19.1 Å². The number of carbonyl (C=O) groups excluding carboxylic acids is 2. The Morgan fingerprint density at radius 3 is 2.47 bits per heavy atom. The Labute approximate surface area is 194 Å². The van der Waals surface area contributed by atoms with Gasteiger partial charge in [0.15, 0.2) is 0 Å². The van der Waals surface area contributed by atoms with E-state index in [2.05, 4.69) is 10.4 Å². The van der Waals surface area contributed by atoms with Crippen molar-refractivity contribution < 1.29 is 27.9 Å². The maximum atomic E-state index is 13.4. The van der Waals surface area contributed by atoms with E-state index in [4.69, 9.17) is 0 Å². The molecule has 0 bridgehead atoms. The highest BCUT2D eigenvalue weighted by atomic mass is 19.4. The summed E-state index contributed by atoms with van der Waals surface area (Å²) in [6.07, 6.45) is -2.78. The maximum Gasteiger partial charge on any atom is 0.416 e. The average molecular weight is 474 g/mol. The van der Waals surface area contributed by atoms with Gasteiger partial charge < -0.3 is 10.4 Å². The Balaban J connectivity index is 1.89. The number of nitrogens with zero attached hydrogens (tertiary/aromatic N) is 3. The van der Waals surface area contributed by atoms with Crippen molar-refractivity contribution in [1.82, 2.24) is 15.1 Å². The number of amides is 2. The molecule has 10 heteroatoms. The lowest BCUT2D eigenvalue weighted by molar-refractivity contribution is -0.137. The van der Waals surface area contributed by atoms with Gasteiger partial charge in [-0.15, -0.1) is 0 Å². The number of phenolic OH excluding ortho intramolecular Hbond substituents is 1. The summed E-state index contributed by atoms with van der Waals surface area (Å²) >= 11 is 0. The average Bonchev–Trinajstić information content (AvgIpc) is 3.18. The molecule has 34 heavy (non-hydrogen) atoms. The Morgan fingerprint density at radius 1 is 1.15 bits per heavy atom. The van der Waals surface area contributed by atoms with Crippen LogP contribution in [0, 0.1) is 6.92 Å². The SMILES string of the molecule is CCC(NC(=O)c1cccc(C(F)(F)F)c1)C(=O)N(CC)c1c(C)cnn1-c1cccc(O)c1. The molecule has 0 aliphatic rings. The fourth-order valence-corrected chi connectivity index (χ4v) is 3.58. The van der Waals surface area contributed by atoms with Gasteiger partial charge in [0.1, 0.15) is 17.6 Å². The lowest BCUT2D eigenvalue weighted by Crippen LogP contribution is -2.49. The van der Waals surface area contributed by atoms with Crippen LogP contribution >= 0.6 is 0 Å². The van der Waals surface area contributed by atoms with E-state index in [0.717, 1.165) is 18.2 Å². The third-order valence-electron chi connectivity index (χ3n) is 5.30. The van der Waals surface area contributed by atoms with Gasteiger partial charge in [-0.2, -0.15) is 18.3 Å². The number of aryl methyl sites for hydroxylation is 1. The number of rotatable bonds is 7. The Bertz CT molecular complexity index is 1190. The molecular weight excluding hydrogens is 449 g/mol. The molecule has 3 aromatic rings. The minimum atomic E-state index is -4.59. The first kappa shape index (κ1) is 24.8. The molecule has 0 aliphatic heterocycles. The zero-order chi connectivity index (χ0) is 25.0. The summed E-state index contributed by atoms with van der Waals surface area (Å²) in [5, 5.41) is 16.7. The number of benzene rings is 2. The number of hydrogen-bond acceptors (Lipinski definition) is 4. The van der Waals surface area contributed by atoms with Crippen molar-refractivity contribution in [3.8, 4) is 11.4 Å². The first-order valence-electron chi connectivity index (χ1n) is 10.7. The third kappa shape index (κ3) is 5.22. The van der Waals surface area contributed by atoms with E-state index in [0.29, 0.717) is 17.1 Å². The number of nitrogens with one attached hydrogen (secondary N) is 1. The lowest BCUT2D eigenvalue weighted by Gasteiger charge is -2.27. The first-order valence-corrected chi connectivity index (χ1v) is 10.7. The predicted molar refractivity (Wildman–Crippen MR) is 121 cm³/mol. The monoisotopic (exact) mass is 474 g/mol. The van der Waals surface area contributed by atoms with Gasteiger partial charge in [0, 0.05) is 23.7 Å². The highest BCUT2D eigenvalue weighted by Crippen LogP contribution is 2.30. The summed E-state index contributed by atoms with van der Waals surface area (Å²) in [7, 11) is 0. The second-order valence-corrected chi connectivity index (χ2v) is 7.68. The van der Waals surface area contributed by atoms with Crippen molar-refractivity contribution in [2.75, 3.05) is 11.4 Å². The van der Waals surface area contributed by atoms with Gasteiger partial charge in [-0.3, -0.25) is 14.5 Å². The molecule has 3 rings (SSSR count). The van der Waals surface area contributed by atoms with Crippen LogP contribution in [0.1, 0.15) is 41.8 Å². The fourth-order valence-electron chi connectivity index (χ4n) is 3.58. The van der Waals surface area contributed by atoms with Crippen LogP contribution in [-0.2, 0) is 11.0 Å².